The molecule has 0 spiro atoms. The zero-order valence-electron chi connectivity index (χ0n) is 14.9. The van der Waals surface area contributed by atoms with Gasteiger partial charge < -0.3 is 15.2 Å². The largest absolute Gasteiger partial charge is 0.481 e. The summed E-state index contributed by atoms with van der Waals surface area (Å²) in [6, 6.07) is 11.8. The van der Waals surface area contributed by atoms with Crippen molar-refractivity contribution in [2.75, 3.05) is 6.61 Å². The van der Waals surface area contributed by atoms with E-state index in [1.54, 1.807) is 18.2 Å². The number of rotatable bonds is 7. The molecule has 2 aromatic carbocycles. The van der Waals surface area contributed by atoms with Crippen LogP contribution in [0, 0.1) is 13.8 Å². The van der Waals surface area contributed by atoms with E-state index in [2.05, 4.69) is 0 Å². The maximum atomic E-state index is 12.5. The molecule has 2 rings (SSSR count). The summed E-state index contributed by atoms with van der Waals surface area (Å²) in [4.78, 5) is 35.8. The summed E-state index contributed by atoms with van der Waals surface area (Å²) in [5.41, 5.74) is 7.70. The summed E-state index contributed by atoms with van der Waals surface area (Å²) >= 11 is 0. The number of para-hydroxylation sites is 1. The van der Waals surface area contributed by atoms with Gasteiger partial charge >= 0.3 is 5.97 Å². The molecule has 0 saturated carbocycles. The highest BCUT2D eigenvalue weighted by atomic mass is 16.6. The molecule has 0 fully saturated rings. The van der Waals surface area contributed by atoms with Crippen LogP contribution in [0.2, 0.25) is 0 Å². The van der Waals surface area contributed by atoms with Crippen molar-refractivity contribution >= 4 is 17.7 Å². The molecule has 0 bridgehead atoms. The monoisotopic (exact) mass is 355 g/mol. The van der Waals surface area contributed by atoms with Crippen LogP contribution >= 0.6 is 0 Å². The first-order chi connectivity index (χ1) is 12.3. The fourth-order valence-electron chi connectivity index (χ4n) is 2.44. The van der Waals surface area contributed by atoms with E-state index in [1.807, 2.05) is 26.0 Å². The molecule has 2 N–H and O–H groups in total. The Balaban J connectivity index is 1.98. The predicted octanol–water partition coefficient (Wildman–Crippen LogP) is 2.60. The van der Waals surface area contributed by atoms with Gasteiger partial charge in [-0.05, 0) is 44.5 Å². The summed E-state index contributed by atoms with van der Waals surface area (Å²) in [5, 5.41) is 0. The number of primary amides is 1. The molecule has 136 valence electrons. The normalized spacial score (nSPS) is 11.5. The van der Waals surface area contributed by atoms with Crippen LogP contribution in [0.25, 0.3) is 0 Å². The highest BCUT2D eigenvalue weighted by Gasteiger charge is 2.21. The highest BCUT2D eigenvalue weighted by molar-refractivity contribution is 6.01. The Kier molecular flexibility index (Phi) is 6.11. The molecule has 6 nitrogen and oxygen atoms in total. The Morgan fingerprint density at radius 2 is 1.73 bits per heavy atom. The van der Waals surface area contributed by atoms with Crippen molar-refractivity contribution in [2.24, 2.45) is 5.73 Å². The van der Waals surface area contributed by atoms with Crippen molar-refractivity contribution < 1.29 is 23.9 Å². The lowest BCUT2D eigenvalue weighted by Gasteiger charge is -2.15. The van der Waals surface area contributed by atoms with Gasteiger partial charge in [0, 0.05) is 5.56 Å². The van der Waals surface area contributed by atoms with Crippen LogP contribution < -0.4 is 10.5 Å². The minimum Gasteiger partial charge on any atom is -0.481 e. The lowest BCUT2D eigenvalue weighted by molar-refractivity contribution is -0.148. The second kappa shape index (κ2) is 8.29. The van der Waals surface area contributed by atoms with E-state index in [9.17, 15) is 14.4 Å². The molecule has 0 unspecified atom stereocenters. The third kappa shape index (κ3) is 4.69. The van der Waals surface area contributed by atoms with Gasteiger partial charge in [0.05, 0.1) is 5.56 Å². The molecular formula is C20H21NO5. The van der Waals surface area contributed by atoms with Crippen LogP contribution in [-0.2, 0) is 9.53 Å². The van der Waals surface area contributed by atoms with Crippen molar-refractivity contribution in [1.29, 1.82) is 0 Å². The maximum Gasteiger partial charge on any atom is 0.344 e. The zero-order valence-corrected chi connectivity index (χ0v) is 14.9. The SMILES string of the molecule is Cc1ccc(C)c(C(=O)[C@H](C)OC(=O)COc2ccccc2C(N)=O)c1. The van der Waals surface area contributed by atoms with Crippen molar-refractivity contribution in [3.05, 3.63) is 64.7 Å². The Hall–Kier alpha value is -3.15. The quantitative estimate of drug-likeness (QED) is 0.608. The van der Waals surface area contributed by atoms with Crippen molar-refractivity contribution in [3.63, 3.8) is 0 Å². The van der Waals surface area contributed by atoms with Gasteiger partial charge in [-0.1, -0.05) is 29.8 Å². The molecular weight excluding hydrogens is 334 g/mol. The summed E-state index contributed by atoms with van der Waals surface area (Å²) in [7, 11) is 0. The van der Waals surface area contributed by atoms with Crippen LogP contribution in [0.1, 0.15) is 38.8 Å². The number of hydrogen-bond acceptors (Lipinski definition) is 5. The molecule has 0 aromatic heterocycles. The Morgan fingerprint density at radius 1 is 1.04 bits per heavy atom. The third-order valence-electron chi connectivity index (χ3n) is 3.83. The summed E-state index contributed by atoms with van der Waals surface area (Å²) in [5.74, 6) is -1.47. The van der Waals surface area contributed by atoms with Crippen LogP contribution in [0.3, 0.4) is 0 Å². The molecule has 0 aliphatic heterocycles. The third-order valence-corrected chi connectivity index (χ3v) is 3.83. The number of carbonyl (C=O) groups excluding carboxylic acids is 3. The molecule has 2 aromatic rings. The first-order valence-electron chi connectivity index (χ1n) is 8.12. The second-order valence-corrected chi connectivity index (χ2v) is 5.96. The standard InChI is InChI=1S/C20H21NO5/c1-12-8-9-13(2)16(10-12)19(23)14(3)26-18(22)11-25-17-7-5-4-6-15(17)20(21)24/h4-10,14H,11H2,1-3H3,(H2,21,24)/t14-/m0/s1. The fraction of sp³-hybridized carbons (Fsp3) is 0.250. The molecule has 1 amide bonds. The maximum absolute atomic E-state index is 12.5. The number of amides is 1. The Morgan fingerprint density at radius 3 is 2.42 bits per heavy atom. The number of ether oxygens (including phenoxy) is 2. The number of esters is 1. The van der Waals surface area contributed by atoms with Crippen LogP contribution in [0.15, 0.2) is 42.5 Å². The predicted molar refractivity (Wildman–Crippen MR) is 96.3 cm³/mol. The van der Waals surface area contributed by atoms with Crippen molar-refractivity contribution in [1.82, 2.24) is 0 Å². The second-order valence-electron chi connectivity index (χ2n) is 5.96. The topological polar surface area (TPSA) is 95.7 Å². The van der Waals surface area contributed by atoms with Crippen LogP contribution in [0.4, 0.5) is 0 Å². The van der Waals surface area contributed by atoms with Gasteiger partial charge in [-0.25, -0.2) is 4.79 Å². The molecule has 0 heterocycles. The Labute approximate surface area is 151 Å². The van der Waals surface area contributed by atoms with Crippen molar-refractivity contribution in [3.8, 4) is 5.75 Å². The number of aryl methyl sites for hydroxylation is 2. The molecule has 0 saturated heterocycles. The smallest absolute Gasteiger partial charge is 0.344 e. The summed E-state index contributed by atoms with van der Waals surface area (Å²) in [6.45, 7) is 4.79. The van der Waals surface area contributed by atoms with Gasteiger partial charge in [0.2, 0.25) is 5.78 Å². The minimum atomic E-state index is -0.946. The first-order valence-corrected chi connectivity index (χ1v) is 8.12. The van der Waals surface area contributed by atoms with Gasteiger partial charge in [-0.15, -0.1) is 0 Å². The van der Waals surface area contributed by atoms with E-state index in [1.165, 1.54) is 19.1 Å². The van der Waals surface area contributed by atoms with Gasteiger partial charge in [0.25, 0.3) is 5.91 Å². The van der Waals surface area contributed by atoms with Crippen molar-refractivity contribution in [2.45, 2.75) is 26.9 Å². The average molecular weight is 355 g/mol. The highest BCUT2D eigenvalue weighted by Crippen LogP contribution is 2.18. The van der Waals surface area contributed by atoms with Gasteiger partial charge in [0.15, 0.2) is 12.7 Å². The number of carbonyl (C=O) groups is 3. The molecule has 0 aliphatic rings. The number of Topliss-reactive ketones (excluding diaryl/α,β-unsaturated/α-hetero) is 1. The van der Waals surface area contributed by atoms with E-state index in [0.29, 0.717) is 5.56 Å². The van der Waals surface area contributed by atoms with E-state index >= 15 is 0 Å². The lowest BCUT2D eigenvalue weighted by Crippen LogP contribution is -2.28. The molecule has 0 radical (unpaired) electrons. The van der Waals surface area contributed by atoms with Crippen LogP contribution in [0.5, 0.6) is 5.75 Å². The van der Waals surface area contributed by atoms with E-state index in [4.69, 9.17) is 15.2 Å². The first kappa shape index (κ1) is 19.2. The molecule has 0 aliphatic carbocycles. The Bertz CT molecular complexity index is 844. The van der Waals surface area contributed by atoms with Gasteiger partial charge in [-0.2, -0.15) is 0 Å². The minimum absolute atomic E-state index is 0.166. The molecule has 26 heavy (non-hydrogen) atoms. The molecule has 6 heteroatoms. The number of ketones is 1. The van der Waals surface area contributed by atoms with Crippen LogP contribution in [-0.4, -0.2) is 30.4 Å². The van der Waals surface area contributed by atoms with Gasteiger partial charge in [-0.3, -0.25) is 9.59 Å². The average Bonchev–Trinajstić information content (AvgIpc) is 2.61. The lowest BCUT2D eigenvalue weighted by atomic mass is 9.99. The molecule has 1 atom stereocenters. The fourth-order valence-corrected chi connectivity index (χ4v) is 2.44. The van der Waals surface area contributed by atoms with E-state index in [0.717, 1.165) is 11.1 Å². The number of hydrogen-bond donors (Lipinski definition) is 1. The van der Waals surface area contributed by atoms with E-state index < -0.39 is 24.6 Å². The van der Waals surface area contributed by atoms with E-state index in [-0.39, 0.29) is 17.1 Å². The summed E-state index contributed by atoms with van der Waals surface area (Å²) in [6.07, 6.45) is -0.946. The summed E-state index contributed by atoms with van der Waals surface area (Å²) < 4.78 is 10.5. The number of benzene rings is 2. The van der Waals surface area contributed by atoms with Gasteiger partial charge in [0.1, 0.15) is 5.75 Å². The number of nitrogens with two attached hydrogens (primary N) is 1. The zero-order chi connectivity index (χ0) is 19.3.